The minimum atomic E-state index is -0.428. The first kappa shape index (κ1) is 26.6. The van der Waals surface area contributed by atoms with Crippen molar-refractivity contribution in [2.24, 2.45) is 5.41 Å². The summed E-state index contributed by atoms with van der Waals surface area (Å²) in [5, 5.41) is 9.35. The van der Waals surface area contributed by atoms with Gasteiger partial charge < -0.3 is 10.1 Å². The van der Waals surface area contributed by atoms with Crippen molar-refractivity contribution in [2.45, 2.75) is 50.2 Å². The lowest BCUT2D eigenvalue weighted by atomic mass is 9.73. The van der Waals surface area contributed by atoms with Crippen molar-refractivity contribution < 1.29 is 13.9 Å². The molecule has 0 radical (unpaired) electrons. The number of carbonyl (C=O) groups excluding carboxylic acids is 1. The number of aromatic nitrogens is 3. The van der Waals surface area contributed by atoms with Gasteiger partial charge >= 0.3 is 0 Å². The van der Waals surface area contributed by atoms with Gasteiger partial charge in [0.25, 0.3) is 0 Å². The third kappa shape index (κ3) is 5.38. The number of nitrogens with zero attached hydrogens (tertiary/aromatic N) is 3. The molecule has 9 heteroatoms. The largest absolute Gasteiger partial charge is 0.489 e. The van der Waals surface area contributed by atoms with E-state index in [-0.39, 0.29) is 17.0 Å². The highest BCUT2D eigenvalue weighted by Crippen LogP contribution is 2.46. The molecule has 0 saturated heterocycles. The fourth-order valence-corrected chi connectivity index (χ4v) is 6.25. The highest BCUT2D eigenvalue weighted by Gasteiger charge is 2.41. The first-order valence-electron chi connectivity index (χ1n) is 13.1. The van der Waals surface area contributed by atoms with E-state index in [9.17, 15) is 9.18 Å². The predicted molar refractivity (Wildman–Crippen MR) is 155 cm³/mol. The maximum Gasteiger partial charge on any atom is 0.227 e. The van der Waals surface area contributed by atoms with Crippen molar-refractivity contribution in [3.8, 4) is 5.75 Å². The van der Waals surface area contributed by atoms with Crippen LogP contribution < -0.4 is 10.1 Å². The first-order chi connectivity index (χ1) is 19.3. The molecule has 6 nitrogen and oxygen atoms in total. The van der Waals surface area contributed by atoms with Crippen LogP contribution in [0.25, 0.3) is 0 Å². The van der Waals surface area contributed by atoms with E-state index < -0.39 is 6.04 Å². The van der Waals surface area contributed by atoms with Gasteiger partial charge in [-0.3, -0.25) is 4.79 Å². The third-order valence-corrected chi connectivity index (χ3v) is 8.43. The summed E-state index contributed by atoms with van der Waals surface area (Å²) < 4.78 is 21.9. The summed E-state index contributed by atoms with van der Waals surface area (Å²) in [4.78, 5) is 18.2. The van der Waals surface area contributed by atoms with Crippen LogP contribution in [0.3, 0.4) is 0 Å². The van der Waals surface area contributed by atoms with Crippen LogP contribution >= 0.6 is 23.4 Å². The predicted octanol–water partition coefficient (Wildman–Crippen LogP) is 7.60. The maximum atomic E-state index is 14.2. The summed E-state index contributed by atoms with van der Waals surface area (Å²) in [6.45, 7) is 4.56. The van der Waals surface area contributed by atoms with Gasteiger partial charge in [0, 0.05) is 34.0 Å². The van der Waals surface area contributed by atoms with Crippen molar-refractivity contribution in [1.82, 2.24) is 14.8 Å². The standard InChI is InChI=1S/C31H28ClFN4O2S/c1-31(2)15-25-27(26(38)16-31)28(19-11-13-22(14-12-19)39-17-20-7-3-5-9-23(20)32)37-29(34-25)35-30(36-37)40-18-21-8-4-6-10-24(21)33/h3-14,28H,15-18H2,1-2H3,(H,34,35,36). The highest BCUT2D eigenvalue weighted by atomic mass is 35.5. The van der Waals surface area contributed by atoms with Crippen molar-refractivity contribution >= 4 is 35.1 Å². The Morgan fingerprint density at radius 3 is 2.52 bits per heavy atom. The summed E-state index contributed by atoms with van der Waals surface area (Å²) in [5.74, 6) is 1.52. The molecule has 6 rings (SSSR count). The number of ether oxygens (including phenoxy) is 1. The number of Topliss-reactive ketones (excluding diaryl/α,β-unsaturated/α-hetero) is 1. The molecule has 1 aromatic heterocycles. The van der Waals surface area contributed by atoms with E-state index in [1.807, 2.05) is 54.6 Å². The minimum Gasteiger partial charge on any atom is -0.489 e. The van der Waals surface area contributed by atoms with Gasteiger partial charge in [0.2, 0.25) is 11.1 Å². The van der Waals surface area contributed by atoms with Crippen LogP contribution in [0, 0.1) is 11.2 Å². The third-order valence-electron chi connectivity index (χ3n) is 7.18. The SMILES string of the molecule is CC1(C)CC(=O)C2=C(C1)Nc1nc(SCc3ccccc3F)nn1C2c1ccc(OCc2ccccc2Cl)cc1. The Morgan fingerprint density at radius 2 is 1.77 bits per heavy atom. The van der Waals surface area contributed by atoms with Crippen LogP contribution in [0.15, 0.2) is 89.2 Å². The zero-order valence-corrected chi connectivity index (χ0v) is 23.7. The molecule has 1 unspecified atom stereocenters. The average molecular weight is 575 g/mol. The van der Waals surface area contributed by atoms with Crippen LogP contribution in [0.5, 0.6) is 5.75 Å². The number of carbonyl (C=O) groups is 1. The van der Waals surface area contributed by atoms with E-state index in [2.05, 4.69) is 19.2 Å². The molecule has 1 aliphatic heterocycles. The highest BCUT2D eigenvalue weighted by molar-refractivity contribution is 7.98. The molecule has 4 aromatic rings. The van der Waals surface area contributed by atoms with Crippen LogP contribution in [0.1, 0.15) is 49.4 Å². The molecule has 204 valence electrons. The van der Waals surface area contributed by atoms with E-state index >= 15 is 0 Å². The van der Waals surface area contributed by atoms with Crippen LogP contribution in [0.4, 0.5) is 10.3 Å². The molecule has 0 spiro atoms. The monoisotopic (exact) mass is 574 g/mol. The van der Waals surface area contributed by atoms with Gasteiger partial charge in [-0.1, -0.05) is 85.7 Å². The van der Waals surface area contributed by atoms with E-state index in [4.69, 9.17) is 26.4 Å². The number of benzene rings is 3. The Kier molecular flexibility index (Phi) is 7.15. The lowest BCUT2D eigenvalue weighted by Crippen LogP contribution is -2.36. The van der Waals surface area contributed by atoms with Gasteiger partial charge in [0.1, 0.15) is 24.2 Å². The Bertz CT molecular complexity index is 1620. The number of halogens is 2. The molecule has 1 atom stereocenters. The minimum absolute atomic E-state index is 0.101. The lowest BCUT2D eigenvalue weighted by Gasteiger charge is -2.38. The number of allylic oxidation sites excluding steroid dienone is 2. The van der Waals surface area contributed by atoms with Crippen molar-refractivity contribution in [3.63, 3.8) is 0 Å². The molecule has 2 heterocycles. The molecule has 0 fully saturated rings. The van der Waals surface area contributed by atoms with Gasteiger partial charge in [-0.25, -0.2) is 9.07 Å². The zero-order valence-electron chi connectivity index (χ0n) is 22.2. The topological polar surface area (TPSA) is 69.0 Å². The molecular weight excluding hydrogens is 547 g/mol. The van der Waals surface area contributed by atoms with Gasteiger partial charge in [-0.15, -0.1) is 5.10 Å². The number of hydrogen-bond donors (Lipinski definition) is 1. The van der Waals surface area contributed by atoms with Crippen molar-refractivity contribution in [2.75, 3.05) is 5.32 Å². The van der Waals surface area contributed by atoms with E-state index in [1.54, 1.807) is 16.8 Å². The normalized spacial score (nSPS) is 17.7. The van der Waals surface area contributed by atoms with E-state index in [1.165, 1.54) is 17.8 Å². The Morgan fingerprint density at radius 1 is 1.05 bits per heavy atom. The number of ketones is 1. The summed E-state index contributed by atoms with van der Waals surface area (Å²) in [7, 11) is 0. The molecular formula is C31H28ClFN4O2S. The van der Waals surface area contributed by atoms with Gasteiger partial charge in [-0.05, 0) is 47.2 Å². The van der Waals surface area contributed by atoms with Crippen molar-refractivity contribution in [3.05, 3.63) is 112 Å². The van der Waals surface area contributed by atoms with Crippen LogP contribution in [0.2, 0.25) is 5.02 Å². The first-order valence-corrected chi connectivity index (χ1v) is 14.5. The molecule has 2 aliphatic rings. The summed E-state index contributed by atoms with van der Waals surface area (Å²) in [6.07, 6.45) is 1.19. The smallest absolute Gasteiger partial charge is 0.227 e. The van der Waals surface area contributed by atoms with Gasteiger partial charge in [-0.2, -0.15) is 4.98 Å². The van der Waals surface area contributed by atoms with Crippen LogP contribution in [-0.2, 0) is 17.2 Å². The molecule has 1 aliphatic carbocycles. The molecule has 0 bridgehead atoms. The number of anilines is 1. The second-order valence-electron chi connectivity index (χ2n) is 10.9. The van der Waals surface area contributed by atoms with Crippen LogP contribution in [-0.4, -0.2) is 20.5 Å². The summed E-state index contributed by atoms with van der Waals surface area (Å²) >= 11 is 7.63. The Balaban J connectivity index is 1.30. The molecule has 40 heavy (non-hydrogen) atoms. The molecule has 3 aromatic carbocycles. The Hall–Kier alpha value is -3.62. The van der Waals surface area contributed by atoms with E-state index in [0.29, 0.717) is 51.8 Å². The molecule has 0 amide bonds. The maximum absolute atomic E-state index is 14.2. The Labute approximate surface area is 241 Å². The van der Waals surface area contributed by atoms with Gasteiger partial charge in [0.05, 0.1) is 0 Å². The average Bonchev–Trinajstić information content (AvgIpc) is 3.33. The number of hydrogen-bond acceptors (Lipinski definition) is 6. The lowest BCUT2D eigenvalue weighted by molar-refractivity contribution is -0.118. The fraction of sp³-hybridized carbons (Fsp3) is 0.258. The number of rotatable bonds is 7. The molecule has 0 saturated carbocycles. The quantitative estimate of drug-likeness (QED) is 0.229. The fourth-order valence-electron chi connectivity index (χ4n) is 5.24. The summed E-state index contributed by atoms with van der Waals surface area (Å²) in [6, 6.07) is 21.6. The van der Waals surface area contributed by atoms with Gasteiger partial charge in [0.15, 0.2) is 5.78 Å². The number of fused-ring (bicyclic) bond motifs is 1. The van der Waals surface area contributed by atoms with Crippen molar-refractivity contribution in [1.29, 1.82) is 0 Å². The molecule has 1 N–H and O–H groups in total. The number of thioether (sulfide) groups is 1. The number of nitrogens with one attached hydrogen (secondary N) is 1. The van der Waals surface area contributed by atoms with E-state index in [0.717, 1.165) is 23.2 Å². The second kappa shape index (κ2) is 10.7. The summed E-state index contributed by atoms with van der Waals surface area (Å²) in [5.41, 5.74) is 3.84. The zero-order chi connectivity index (χ0) is 27.9. The second-order valence-corrected chi connectivity index (χ2v) is 12.2.